The normalized spacial score (nSPS) is 22.5. The van der Waals surface area contributed by atoms with Gasteiger partial charge in [0.25, 0.3) is 0 Å². The molecule has 1 N–H and O–H groups in total. The topological polar surface area (TPSA) is 36.4 Å². The maximum atomic E-state index is 12.9. The summed E-state index contributed by atoms with van der Waals surface area (Å²) in [5.41, 5.74) is 0.549. The van der Waals surface area contributed by atoms with Gasteiger partial charge in [0, 0.05) is 29.5 Å². The van der Waals surface area contributed by atoms with Crippen molar-refractivity contribution in [3.63, 3.8) is 0 Å². The minimum atomic E-state index is -0.644. The fourth-order valence-corrected chi connectivity index (χ4v) is 3.74. The van der Waals surface area contributed by atoms with Crippen LogP contribution in [-0.2, 0) is 0 Å². The first-order valence-electron chi connectivity index (χ1n) is 7.53. The van der Waals surface area contributed by atoms with Gasteiger partial charge in [-0.15, -0.1) is 0 Å². The Morgan fingerprint density at radius 1 is 1.43 bits per heavy atom. The minimum absolute atomic E-state index is 0.0779. The fraction of sp³-hybridized carbons (Fsp3) is 0.688. The molecule has 1 aliphatic heterocycles. The highest BCUT2D eigenvalue weighted by Crippen LogP contribution is 2.31. The third-order valence-electron chi connectivity index (χ3n) is 4.07. The molecule has 1 aromatic rings. The molecule has 2 heterocycles. The van der Waals surface area contributed by atoms with Gasteiger partial charge in [0.1, 0.15) is 5.82 Å². The van der Waals surface area contributed by atoms with Crippen molar-refractivity contribution in [1.29, 1.82) is 0 Å². The number of hydrogen-bond acceptors (Lipinski definition) is 4. The second-order valence-corrected chi connectivity index (χ2v) is 8.28. The predicted molar refractivity (Wildman–Crippen MR) is 85.9 cm³/mol. The summed E-state index contributed by atoms with van der Waals surface area (Å²) in [4.78, 5) is 6.40. The zero-order valence-electron chi connectivity index (χ0n) is 13.1. The molecule has 0 amide bonds. The van der Waals surface area contributed by atoms with Crippen LogP contribution in [0.25, 0.3) is 0 Å². The molecule has 0 radical (unpaired) electrons. The Morgan fingerprint density at radius 3 is 2.86 bits per heavy atom. The van der Waals surface area contributed by atoms with E-state index in [0.29, 0.717) is 10.4 Å². The molecule has 3 nitrogen and oxygen atoms in total. The van der Waals surface area contributed by atoms with E-state index in [0.717, 1.165) is 38.0 Å². The number of aromatic nitrogens is 1. The smallest absolute Gasteiger partial charge is 0.141 e. The molecular weight excluding hydrogens is 287 g/mol. The molecule has 5 heteroatoms. The highest BCUT2D eigenvalue weighted by Gasteiger charge is 2.26. The van der Waals surface area contributed by atoms with Crippen LogP contribution in [0.2, 0.25) is 0 Å². The summed E-state index contributed by atoms with van der Waals surface area (Å²) in [5.74, 6) is 0.837. The van der Waals surface area contributed by atoms with Crippen molar-refractivity contribution in [2.24, 2.45) is 5.92 Å². The molecule has 0 spiro atoms. The molecule has 0 bridgehead atoms. The van der Waals surface area contributed by atoms with Gasteiger partial charge in [-0.3, -0.25) is 4.98 Å². The Hall–Kier alpha value is -0.650. The summed E-state index contributed by atoms with van der Waals surface area (Å²) in [7, 11) is 0. The summed E-state index contributed by atoms with van der Waals surface area (Å²) in [6.07, 6.45) is 1.68. The second kappa shape index (κ2) is 7.07. The Labute approximate surface area is 131 Å². The average Bonchev–Trinajstić information content (AvgIpc) is 2.60. The maximum Gasteiger partial charge on any atom is 0.141 e. The minimum Gasteiger partial charge on any atom is -0.386 e. The average molecular weight is 312 g/mol. The molecule has 2 rings (SSSR count). The molecule has 118 valence electrons. The van der Waals surface area contributed by atoms with Crippen molar-refractivity contribution in [3.8, 4) is 0 Å². The number of hydrogen-bond donors (Lipinski definition) is 1. The van der Waals surface area contributed by atoms with Crippen LogP contribution >= 0.6 is 11.8 Å². The highest BCUT2D eigenvalue weighted by molar-refractivity contribution is 8.00. The summed E-state index contributed by atoms with van der Waals surface area (Å²) < 4.78 is 13.2. The number of thioether (sulfide) groups is 1. The molecule has 0 saturated carbocycles. The van der Waals surface area contributed by atoms with Crippen molar-refractivity contribution in [1.82, 2.24) is 9.88 Å². The summed E-state index contributed by atoms with van der Waals surface area (Å²) >= 11 is 2.02. The molecule has 1 aliphatic rings. The lowest BCUT2D eigenvalue weighted by Crippen LogP contribution is -2.33. The van der Waals surface area contributed by atoms with E-state index in [2.05, 4.69) is 23.7 Å². The van der Waals surface area contributed by atoms with Gasteiger partial charge in [0.05, 0.1) is 18.0 Å². The van der Waals surface area contributed by atoms with E-state index in [9.17, 15) is 9.50 Å². The number of aliphatic hydroxyl groups excluding tert-OH is 1. The molecule has 0 aromatic carbocycles. The molecule has 0 aliphatic carbocycles. The van der Waals surface area contributed by atoms with Crippen LogP contribution in [-0.4, -0.2) is 45.1 Å². The van der Waals surface area contributed by atoms with Crippen molar-refractivity contribution in [2.75, 3.05) is 25.4 Å². The zero-order valence-corrected chi connectivity index (χ0v) is 13.9. The third kappa shape index (κ3) is 4.94. The van der Waals surface area contributed by atoms with Crippen molar-refractivity contribution >= 4 is 11.8 Å². The molecule has 21 heavy (non-hydrogen) atoms. The first kappa shape index (κ1) is 16.7. The van der Waals surface area contributed by atoms with Gasteiger partial charge >= 0.3 is 0 Å². The predicted octanol–water partition coefficient (Wildman–Crippen LogP) is 3.11. The van der Waals surface area contributed by atoms with Gasteiger partial charge in [-0.25, -0.2) is 4.39 Å². The number of halogens is 1. The lowest BCUT2D eigenvalue weighted by Gasteiger charge is -2.27. The number of aliphatic hydroxyl groups is 1. The van der Waals surface area contributed by atoms with Crippen LogP contribution in [0.1, 0.15) is 39.0 Å². The summed E-state index contributed by atoms with van der Waals surface area (Å²) in [6.45, 7) is 9.58. The van der Waals surface area contributed by atoms with Crippen LogP contribution in [0.5, 0.6) is 0 Å². The van der Waals surface area contributed by atoms with E-state index in [-0.39, 0.29) is 11.7 Å². The van der Waals surface area contributed by atoms with Gasteiger partial charge in [0.15, 0.2) is 0 Å². The molecule has 1 fully saturated rings. The van der Waals surface area contributed by atoms with Crippen molar-refractivity contribution < 1.29 is 9.50 Å². The molecule has 2 unspecified atom stereocenters. The van der Waals surface area contributed by atoms with Gasteiger partial charge in [0.2, 0.25) is 0 Å². The van der Waals surface area contributed by atoms with E-state index in [1.807, 2.05) is 18.7 Å². The van der Waals surface area contributed by atoms with Crippen LogP contribution < -0.4 is 0 Å². The quantitative estimate of drug-likeness (QED) is 0.927. The lowest BCUT2D eigenvalue weighted by atomic mass is 10.00. The fourth-order valence-electron chi connectivity index (χ4n) is 2.61. The number of rotatable bonds is 4. The SMILES string of the molecule is CC(CN1CCSC(C)(C)CC1)C(O)c1ccc(F)cn1. The van der Waals surface area contributed by atoms with E-state index in [1.54, 1.807) is 6.07 Å². The Bertz CT molecular complexity index is 452. The van der Waals surface area contributed by atoms with E-state index in [1.165, 1.54) is 6.07 Å². The monoisotopic (exact) mass is 312 g/mol. The van der Waals surface area contributed by atoms with Gasteiger partial charge in [-0.2, -0.15) is 11.8 Å². The van der Waals surface area contributed by atoms with Gasteiger partial charge < -0.3 is 10.0 Å². The Kier molecular flexibility index (Phi) is 5.63. The molecule has 2 atom stereocenters. The molecular formula is C16H25FN2OS. The first-order chi connectivity index (χ1) is 9.87. The number of nitrogens with zero attached hydrogens (tertiary/aromatic N) is 2. The standard InChI is InChI=1S/C16H25FN2OS/c1-12(15(20)14-5-4-13(17)10-18-14)11-19-7-6-16(2,3)21-9-8-19/h4-5,10,12,15,20H,6-9,11H2,1-3H3. The van der Waals surface area contributed by atoms with Crippen molar-refractivity contribution in [3.05, 3.63) is 29.8 Å². The van der Waals surface area contributed by atoms with Crippen molar-refractivity contribution in [2.45, 2.75) is 38.0 Å². The second-order valence-electron chi connectivity index (χ2n) is 6.48. The molecule has 1 aromatic heterocycles. The summed E-state index contributed by atoms with van der Waals surface area (Å²) in [5, 5.41) is 10.4. The van der Waals surface area contributed by atoms with Gasteiger partial charge in [-0.05, 0) is 25.1 Å². The van der Waals surface area contributed by atoms with Crippen LogP contribution in [0, 0.1) is 11.7 Å². The Morgan fingerprint density at radius 2 is 2.19 bits per heavy atom. The maximum absolute atomic E-state index is 12.9. The first-order valence-corrected chi connectivity index (χ1v) is 8.52. The lowest BCUT2D eigenvalue weighted by molar-refractivity contribution is 0.0860. The van der Waals surface area contributed by atoms with Crippen LogP contribution in [0.4, 0.5) is 4.39 Å². The van der Waals surface area contributed by atoms with Gasteiger partial charge in [-0.1, -0.05) is 20.8 Å². The molecule has 1 saturated heterocycles. The number of pyridine rings is 1. The van der Waals surface area contributed by atoms with E-state index < -0.39 is 6.10 Å². The largest absolute Gasteiger partial charge is 0.386 e. The Balaban J connectivity index is 1.91. The van der Waals surface area contributed by atoms with E-state index >= 15 is 0 Å². The summed E-state index contributed by atoms with van der Waals surface area (Å²) in [6, 6.07) is 2.92. The van der Waals surface area contributed by atoms with E-state index in [4.69, 9.17) is 0 Å². The van der Waals surface area contributed by atoms with Crippen LogP contribution in [0.3, 0.4) is 0 Å². The third-order valence-corrected chi connectivity index (χ3v) is 5.44. The van der Waals surface area contributed by atoms with Crippen LogP contribution in [0.15, 0.2) is 18.3 Å². The highest BCUT2D eigenvalue weighted by atomic mass is 32.2. The zero-order chi connectivity index (χ0) is 15.5.